The van der Waals surface area contributed by atoms with Crippen LogP contribution in [0.4, 0.5) is 0 Å². The van der Waals surface area contributed by atoms with Crippen LogP contribution >= 0.6 is 0 Å². The predicted molar refractivity (Wildman–Crippen MR) is 108 cm³/mol. The van der Waals surface area contributed by atoms with Crippen molar-refractivity contribution in [3.05, 3.63) is 89.5 Å². The van der Waals surface area contributed by atoms with Gasteiger partial charge in [0.05, 0.1) is 0 Å². The molecule has 0 amide bonds. The molecule has 0 bridgehead atoms. The summed E-state index contributed by atoms with van der Waals surface area (Å²) in [5, 5.41) is 0. The van der Waals surface area contributed by atoms with E-state index in [1.165, 1.54) is 11.1 Å². The number of hydrogen-bond donors (Lipinski definition) is 0. The third kappa shape index (κ3) is 8.15. The van der Waals surface area contributed by atoms with E-state index in [2.05, 4.69) is 54.5 Å². The average Bonchev–Trinajstić information content (AvgIpc) is 2.67. The Labute approximate surface area is 151 Å². The zero-order chi connectivity index (χ0) is 17.6. The maximum absolute atomic E-state index is 11.1. The van der Waals surface area contributed by atoms with Gasteiger partial charge in [-0.05, 0) is 49.7 Å². The topological polar surface area (TPSA) is 17.1 Å². The van der Waals surface area contributed by atoms with Gasteiger partial charge in [0, 0.05) is 5.57 Å². The molecule has 2 rings (SSSR count). The third-order valence-electron chi connectivity index (χ3n) is 4.06. The molecule has 0 aromatic heterocycles. The van der Waals surface area contributed by atoms with Crippen LogP contribution in [0.25, 0.3) is 12.2 Å². The molecular formula is C24H26O. The normalized spacial score (nSPS) is 11.0. The second kappa shape index (κ2) is 11.8. The molecule has 1 nitrogen and oxygen atoms in total. The van der Waals surface area contributed by atoms with Crippen molar-refractivity contribution in [3.8, 4) is 0 Å². The quantitative estimate of drug-likeness (QED) is 0.358. The smallest absolute Gasteiger partial charge is 0.123 e. The second-order valence-electron chi connectivity index (χ2n) is 6.12. The summed E-state index contributed by atoms with van der Waals surface area (Å²) in [6.07, 6.45) is 14.3. The molecule has 0 atom stereocenters. The molecule has 0 aliphatic carbocycles. The van der Waals surface area contributed by atoms with Gasteiger partial charge in [0.15, 0.2) is 0 Å². The lowest BCUT2D eigenvalue weighted by molar-refractivity contribution is 0.563. The van der Waals surface area contributed by atoms with Gasteiger partial charge in [-0.1, -0.05) is 85.0 Å². The molecule has 25 heavy (non-hydrogen) atoms. The summed E-state index contributed by atoms with van der Waals surface area (Å²) >= 11 is 0. The Morgan fingerprint density at radius 1 is 0.720 bits per heavy atom. The van der Waals surface area contributed by atoms with Crippen molar-refractivity contribution < 1.29 is 4.79 Å². The monoisotopic (exact) mass is 330 g/mol. The maximum atomic E-state index is 11.1. The summed E-state index contributed by atoms with van der Waals surface area (Å²) in [5.41, 5.74) is 3.36. The molecule has 0 heterocycles. The molecule has 0 aliphatic rings. The largest absolute Gasteiger partial charge is 0.234 e. The van der Waals surface area contributed by atoms with Crippen LogP contribution in [0.3, 0.4) is 0 Å². The van der Waals surface area contributed by atoms with E-state index in [0.717, 1.165) is 44.1 Å². The lowest BCUT2D eigenvalue weighted by Gasteiger charge is -2.01. The highest BCUT2D eigenvalue weighted by Crippen LogP contribution is 2.14. The molecule has 0 radical (unpaired) electrons. The summed E-state index contributed by atoms with van der Waals surface area (Å²) in [6.45, 7) is 0. The predicted octanol–water partition coefficient (Wildman–Crippen LogP) is 6.51. The van der Waals surface area contributed by atoms with Crippen molar-refractivity contribution in [3.63, 3.8) is 0 Å². The van der Waals surface area contributed by atoms with Crippen molar-refractivity contribution >= 4 is 18.1 Å². The number of allylic oxidation sites excluding steroid dienone is 3. The van der Waals surface area contributed by atoms with Gasteiger partial charge in [-0.2, -0.15) is 0 Å². The Hall–Kier alpha value is -2.63. The highest BCUT2D eigenvalue weighted by Gasteiger charge is 1.98. The Balaban J connectivity index is 1.60. The zero-order valence-corrected chi connectivity index (χ0v) is 14.7. The van der Waals surface area contributed by atoms with Gasteiger partial charge in [-0.25, -0.2) is 4.79 Å². The fourth-order valence-electron chi connectivity index (χ4n) is 2.66. The van der Waals surface area contributed by atoms with Crippen LogP contribution in [0, 0.1) is 0 Å². The van der Waals surface area contributed by atoms with E-state index in [-0.39, 0.29) is 0 Å². The Kier molecular flexibility index (Phi) is 8.86. The van der Waals surface area contributed by atoms with E-state index < -0.39 is 0 Å². The maximum Gasteiger partial charge on any atom is 0.123 e. The van der Waals surface area contributed by atoms with E-state index in [9.17, 15) is 4.79 Å². The minimum atomic E-state index is 0.852. The molecule has 2 aromatic rings. The Morgan fingerprint density at radius 3 is 1.56 bits per heavy atom. The van der Waals surface area contributed by atoms with Crippen molar-refractivity contribution in [2.24, 2.45) is 0 Å². The third-order valence-corrected chi connectivity index (χ3v) is 4.06. The van der Waals surface area contributed by atoms with Crippen LogP contribution in [0.1, 0.15) is 49.7 Å². The minimum Gasteiger partial charge on any atom is -0.234 e. The van der Waals surface area contributed by atoms with E-state index >= 15 is 0 Å². The first-order valence-electron chi connectivity index (χ1n) is 9.04. The highest BCUT2D eigenvalue weighted by atomic mass is 16.1. The molecule has 0 aliphatic heterocycles. The standard InChI is InChI=1S/C24H26O/c25-21-24(19-11-3-9-17-22-13-5-1-6-14-22)20-12-4-10-18-23-15-7-2-8-16-23/h1-2,5-10,13-18H,3-4,11-12,19-20H2/b17-9+,18-10+. The fraction of sp³-hybridized carbons (Fsp3) is 0.250. The number of rotatable bonds is 10. The molecule has 0 fully saturated rings. The van der Waals surface area contributed by atoms with E-state index in [4.69, 9.17) is 0 Å². The lowest BCUT2D eigenvalue weighted by Crippen LogP contribution is -1.86. The first kappa shape index (κ1) is 18.7. The van der Waals surface area contributed by atoms with Gasteiger partial charge in [-0.15, -0.1) is 0 Å². The van der Waals surface area contributed by atoms with E-state index in [0.29, 0.717) is 0 Å². The number of hydrogen-bond acceptors (Lipinski definition) is 1. The van der Waals surface area contributed by atoms with Gasteiger partial charge in [0.2, 0.25) is 0 Å². The van der Waals surface area contributed by atoms with Crippen molar-refractivity contribution in [1.29, 1.82) is 0 Å². The summed E-state index contributed by atoms with van der Waals surface area (Å²) in [7, 11) is 0. The van der Waals surface area contributed by atoms with Crippen LogP contribution < -0.4 is 0 Å². The summed E-state index contributed by atoms with van der Waals surface area (Å²) in [4.78, 5) is 11.1. The summed E-state index contributed by atoms with van der Waals surface area (Å²) < 4.78 is 0. The molecular weight excluding hydrogens is 304 g/mol. The first-order valence-corrected chi connectivity index (χ1v) is 9.04. The van der Waals surface area contributed by atoms with Crippen LogP contribution in [-0.4, -0.2) is 5.94 Å². The SMILES string of the molecule is O=C=C(CCC/C=C/c1ccccc1)CCC/C=C/c1ccccc1. The molecule has 0 saturated heterocycles. The number of unbranched alkanes of at least 4 members (excludes halogenated alkanes) is 2. The summed E-state index contributed by atoms with van der Waals surface area (Å²) in [6, 6.07) is 20.6. The van der Waals surface area contributed by atoms with Gasteiger partial charge < -0.3 is 0 Å². The molecule has 0 spiro atoms. The van der Waals surface area contributed by atoms with Gasteiger partial charge >= 0.3 is 0 Å². The van der Waals surface area contributed by atoms with Crippen LogP contribution in [0.5, 0.6) is 0 Å². The molecule has 128 valence electrons. The van der Waals surface area contributed by atoms with E-state index in [1.54, 1.807) is 0 Å². The van der Waals surface area contributed by atoms with Crippen molar-refractivity contribution in [1.82, 2.24) is 0 Å². The highest BCUT2D eigenvalue weighted by molar-refractivity contribution is 5.52. The van der Waals surface area contributed by atoms with Crippen LogP contribution in [0.2, 0.25) is 0 Å². The van der Waals surface area contributed by atoms with Gasteiger partial charge in [0.1, 0.15) is 5.94 Å². The first-order chi connectivity index (χ1) is 12.4. The lowest BCUT2D eigenvalue weighted by atomic mass is 10.0. The van der Waals surface area contributed by atoms with E-state index in [1.807, 2.05) is 36.4 Å². The fourth-order valence-corrected chi connectivity index (χ4v) is 2.66. The molecule has 0 unspecified atom stereocenters. The average molecular weight is 330 g/mol. The molecule has 1 heteroatoms. The zero-order valence-electron chi connectivity index (χ0n) is 14.7. The van der Waals surface area contributed by atoms with Crippen molar-refractivity contribution in [2.75, 3.05) is 0 Å². The van der Waals surface area contributed by atoms with Gasteiger partial charge in [0.25, 0.3) is 0 Å². The Morgan fingerprint density at radius 2 is 1.16 bits per heavy atom. The second-order valence-corrected chi connectivity index (χ2v) is 6.12. The van der Waals surface area contributed by atoms with Crippen LogP contribution in [0.15, 0.2) is 78.4 Å². The number of benzene rings is 2. The van der Waals surface area contributed by atoms with Crippen molar-refractivity contribution in [2.45, 2.75) is 38.5 Å². The molecule has 0 N–H and O–H groups in total. The minimum absolute atomic E-state index is 0.852. The molecule has 0 saturated carbocycles. The van der Waals surface area contributed by atoms with Crippen LogP contribution in [-0.2, 0) is 4.79 Å². The van der Waals surface area contributed by atoms with Gasteiger partial charge in [-0.3, -0.25) is 0 Å². The Bertz CT molecular complexity index is 647. The molecule has 2 aromatic carbocycles. The summed E-state index contributed by atoms with van der Waals surface area (Å²) in [5.74, 6) is 2.14. The number of carbonyl (C=O) groups excluding carboxylic acids is 1.